The van der Waals surface area contributed by atoms with Crippen molar-refractivity contribution in [1.82, 2.24) is 18.5 Å². The van der Waals surface area contributed by atoms with E-state index in [4.69, 9.17) is 14.5 Å². The second-order valence-electron chi connectivity index (χ2n) is 13.2. The monoisotopic (exact) mass is 640 g/mol. The van der Waals surface area contributed by atoms with Crippen LogP contribution in [0.3, 0.4) is 0 Å². The van der Waals surface area contributed by atoms with E-state index in [1.165, 1.54) is 10.8 Å². The molecule has 0 saturated carbocycles. The summed E-state index contributed by atoms with van der Waals surface area (Å²) in [5, 5.41) is 2.34. The number of benzene rings is 7. The summed E-state index contributed by atoms with van der Waals surface area (Å²) in [7, 11) is 0. The average molecular weight is 641 g/mol. The zero-order chi connectivity index (χ0) is 32.5. The Kier molecular flexibility index (Phi) is 4.96. The number of aromatic nitrogens is 4. The topological polar surface area (TPSA) is 45.6 Å². The lowest BCUT2D eigenvalue weighted by Crippen LogP contribution is -2.57. The number of hydrogen-bond acceptors (Lipinski definition) is 3. The van der Waals surface area contributed by atoms with Crippen LogP contribution in [-0.4, -0.2) is 25.2 Å². The summed E-state index contributed by atoms with van der Waals surface area (Å²) in [6.07, 6.45) is 0. The standard InChI is InChI=1S/C43H25BN4O2/c1-2-12-26(13-3-1)47-35-23-22-29-28-14-4-8-18-33(28)46(41(29)42(35)48-34-19-9-7-17-32(34)45-43(47)48)27-24-38-40-39(25-27)50-37-21-11-6-16-31(37)44(40)30-15-5-10-20-36(30)49-38/h1-25H. The van der Waals surface area contributed by atoms with E-state index in [-0.39, 0.29) is 6.71 Å². The maximum atomic E-state index is 6.75. The molecule has 12 rings (SSSR count). The minimum Gasteiger partial charge on any atom is -0.458 e. The number of ether oxygens (including phenoxy) is 2. The normalized spacial score (nSPS) is 13.1. The molecule has 0 radical (unpaired) electrons. The molecule has 0 fully saturated rings. The van der Waals surface area contributed by atoms with E-state index < -0.39 is 0 Å². The zero-order valence-electron chi connectivity index (χ0n) is 26.6. The average Bonchev–Trinajstić information content (AvgIpc) is 3.81. The molecular formula is C43H25BN4O2. The van der Waals surface area contributed by atoms with Crippen LogP contribution >= 0.6 is 0 Å². The Morgan fingerprint density at radius 1 is 0.460 bits per heavy atom. The van der Waals surface area contributed by atoms with E-state index in [2.05, 4.69) is 153 Å². The maximum absolute atomic E-state index is 6.75. The first-order valence-electron chi connectivity index (χ1n) is 16.9. The van der Waals surface area contributed by atoms with Crippen LogP contribution in [0.1, 0.15) is 0 Å². The molecule has 0 N–H and O–H groups in total. The molecule has 50 heavy (non-hydrogen) atoms. The zero-order valence-corrected chi connectivity index (χ0v) is 26.6. The first-order valence-corrected chi connectivity index (χ1v) is 16.9. The minimum atomic E-state index is 0.0191. The third-order valence-corrected chi connectivity index (χ3v) is 10.5. The second-order valence-corrected chi connectivity index (χ2v) is 13.2. The van der Waals surface area contributed by atoms with Crippen molar-refractivity contribution >= 4 is 72.8 Å². The SMILES string of the molecule is c1ccc(-n2c3ccc4c5ccccc5n(-c5cc6c7c(c5)Oc5ccccc5B7c5ccccc5O6)c4c3n3c4ccccc4nc23)cc1. The van der Waals surface area contributed by atoms with Crippen LogP contribution in [-0.2, 0) is 0 Å². The molecule has 0 aliphatic carbocycles. The number of fused-ring (bicyclic) bond motifs is 13. The third-order valence-electron chi connectivity index (χ3n) is 10.5. The summed E-state index contributed by atoms with van der Waals surface area (Å²) in [6.45, 7) is 0.0191. The van der Waals surface area contributed by atoms with Gasteiger partial charge in [0.05, 0.1) is 38.8 Å². The molecule has 6 nitrogen and oxygen atoms in total. The molecule has 2 aliphatic rings. The summed E-state index contributed by atoms with van der Waals surface area (Å²) >= 11 is 0. The number of para-hydroxylation sites is 6. The van der Waals surface area contributed by atoms with Crippen LogP contribution in [0.15, 0.2) is 152 Å². The molecule has 0 amide bonds. The van der Waals surface area contributed by atoms with Gasteiger partial charge < -0.3 is 14.0 Å². The summed E-state index contributed by atoms with van der Waals surface area (Å²) in [5.41, 5.74) is 11.8. The number of imidazole rings is 2. The van der Waals surface area contributed by atoms with Gasteiger partial charge in [-0.2, -0.15) is 0 Å². The summed E-state index contributed by atoms with van der Waals surface area (Å²) in [6, 6.07) is 53.2. The molecular weight excluding hydrogens is 615 g/mol. The van der Waals surface area contributed by atoms with Crippen molar-refractivity contribution in [2.24, 2.45) is 0 Å². The van der Waals surface area contributed by atoms with Gasteiger partial charge in [-0.3, -0.25) is 8.97 Å². The fourth-order valence-corrected chi connectivity index (χ4v) is 8.53. The predicted octanol–water partition coefficient (Wildman–Crippen LogP) is 8.26. The molecule has 10 aromatic rings. The van der Waals surface area contributed by atoms with Crippen LogP contribution in [0.5, 0.6) is 23.0 Å². The van der Waals surface area contributed by atoms with Crippen molar-refractivity contribution in [2.75, 3.05) is 0 Å². The van der Waals surface area contributed by atoms with Gasteiger partial charge in [-0.05, 0) is 65.5 Å². The molecule has 0 bridgehead atoms. The smallest absolute Gasteiger partial charge is 0.260 e. The largest absolute Gasteiger partial charge is 0.458 e. The molecule has 0 saturated heterocycles. The second kappa shape index (κ2) is 9.46. The Balaban J connectivity index is 1.24. The molecule has 0 atom stereocenters. The first kappa shape index (κ1) is 26.3. The molecule has 0 unspecified atom stereocenters. The van der Waals surface area contributed by atoms with Crippen LogP contribution < -0.4 is 25.9 Å². The highest BCUT2D eigenvalue weighted by molar-refractivity contribution is 6.98. The molecule has 2 aliphatic heterocycles. The molecule has 0 spiro atoms. The first-order chi connectivity index (χ1) is 24.8. The van der Waals surface area contributed by atoms with E-state index in [1.807, 2.05) is 12.1 Å². The van der Waals surface area contributed by atoms with Crippen LogP contribution in [0, 0.1) is 0 Å². The molecule has 3 aromatic heterocycles. The highest BCUT2D eigenvalue weighted by Gasteiger charge is 2.40. The van der Waals surface area contributed by atoms with Crippen molar-refractivity contribution in [3.8, 4) is 34.4 Å². The Morgan fingerprint density at radius 2 is 1.10 bits per heavy atom. The molecule has 7 aromatic carbocycles. The van der Waals surface area contributed by atoms with E-state index >= 15 is 0 Å². The fourth-order valence-electron chi connectivity index (χ4n) is 8.53. The van der Waals surface area contributed by atoms with E-state index in [9.17, 15) is 0 Å². The molecule has 232 valence electrons. The molecule has 5 heterocycles. The summed E-state index contributed by atoms with van der Waals surface area (Å²) < 4.78 is 20.5. The number of hydrogen-bond donors (Lipinski definition) is 0. The van der Waals surface area contributed by atoms with Crippen molar-refractivity contribution in [3.63, 3.8) is 0 Å². The quantitative estimate of drug-likeness (QED) is 0.179. The number of nitrogens with zero attached hydrogens (tertiary/aromatic N) is 4. The van der Waals surface area contributed by atoms with Gasteiger partial charge in [0.25, 0.3) is 6.71 Å². The Bertz CT molecular complexity index is 2990. The molecule has 7 heteroatoms. The Morgan fingerprint density at radius 3 is 1.86 bits per heavy atom. The minimum absolute atomic E-state index is 0.0191. The van der Waals surface area contributed by atoms with Crippen molar-refractivity contribution in [1.29, 1.82) is 0 Å². The Hall–Kier alpha value is -6.73. The summed E-state index contributed by atoms with van der Waals surface area (Å²) in [4.78, 5) is 5.21. The number of rotatable bonds is 2. The maximum Gasteiger partial charge on any atom is 0.260 e. The van der Waals surface area contributed by atoms with Crippen LogP contribution in [0.25, 0.3) is 61.0 Å². The van der Waals surface area contributed by atoms with Gasteiger partial charge in [0.2, 0.25) is 5.78 Å². The van der Waals surface area contributed by atoms with Crippen LogP contribution in [0.2, 0.25) is 0 Å². The summed E-state index contributed by atoms with van der Waals surface area (Å²) in [5.74, 6) is 4.25. The van der Waals surface area contributed by atoms with Gasteiger partial charge in [0, 0.05) is 34.1 Å². The van der Waals surface area contributed by atoms with Crippen molar-refractivity contribution < 1.29 is 9.47 Å². The lowest BCUT2D eigenvalue weighted by molar-refractivity contribution is 0.464. The van der Waals surface area contributed by atoms with Crippen molar-refractivity contribution in [3.05, 3.63) is 152 Å². The highest BCUT2D eigenvalue weighted by atomic mass is 16.5. The van der Waals surface area contributed by atoms with Gasteiger partial charge in [0.15, 0.2) is 0 Å². The predicted molar refractivity (Wildman–Crippen MR) is 202 cm³/mol. The van der Waals surface area contributed by atoms with Crippen molar-refractivity contribution in [2.45, 2.75) is 0 Å². The van der Waals surface area contributed by atoms with Crippen LogP contribution in [0.4, 0.5) is 0 Å². The lowest BCUT2D eigenvalue weighted by atomic mass is 9.35. The van der Waals surface area contributed by atoms with Gasteiger partial charge in [0.1, 0.15) is 23.0 Å². The van der Waals surface area contributed by atoms with Gasteiger partial charge >= 0.3 is 0 Å². The lowest BCUT2D eigenvalue weighted by Gasteiger charge is -2.33. The van der Waals surface area contributed by atoms with Gasteiger partial charge in [-0.25, -0.2) is 4.98 Å². The Labute approximate surface area is 286 Å². The van der Waals surface area contributed by atoms with E-state index in [0.717, 1.165) is 89.6 Å². The third kappa shape index (κ3) is 3.31. The van der Waals surface area contributed by atoms with Gasteiger partial charge in [-0.15, -0.1) is 0 Å². The highest BCUT2D eigenvalue weighted by Crippen LogP contribution is 2.42. The van der Waals surface area contributed by atoms with E-state index in [0.29, 0.717) is 0 Å². The fraction of sp³-hybridized carbons (Fsp3) is 0. The van der Waals surface area contributed by atoms with Gasteiger partial charge in [-0.1, -0.05) is 84.9 Å². The van der Waals surface area contributed by atoms with E-state index in [1.54, 1.807) is 0 Å².